The van der Waals surface area contributed by atoms with Gasteiger partial charge in [0.2, 0.25) is 11.5 Å². The van der Waals surface area contributed by atoms with Gasteiger partial charge in [-0.05, 0) is 44.2 Å². The Morgan fingerprint density at radius 1 is 1.13 bits per heavy atom. The van der Waals surface area contributed by atoms with Gasteiger partial charge in [-0.25, -0.2) is 9.37 Å². The molecule has 0 aliphatic carbocycles. The van der Waals surface area contributed by atoms with Crippen molar-refractivity contribution >= 4 is 5.91 Å². The summed E-state index contributed by atoms with van der Waals surface area (Å²) in [6.07, 6.45) is 4.42. The topological polar surface area (TPSA) is 95.1 Å². The Morgan fingerprint density at radius 3 is 2.68 bits per heavy atom. The van der Waals surface area contributed by atoms with Crippen LogP contribution in [0.25, 0.3) is 33.9 Å². The van der Waals surface area contributed by atoms with E-state index in [-0.39, 0.29) is 17.6 Å². The Balaban J connectivity index is 1.68. The van der Waals surface area contributed by atoms with Crippen molar-refractivity contribution in [1.29, 1.82) is 0 Å². The number of carbonyl (C=O) groups excluding carboxylic acids is 1. The molecule has 0 unspecified atom stereocenters. The van der Waals surface area contributed by atoms with Crippen molar-refractivity contribution in [3.8, 4) is 39.7 Å². The van der Waals surface area contributed by atoms with Gasteiger partial charge in [0.25, 0.3) is 0 Å². The van der Waals surface area contributed by atoms with Crippen molar-refractivity contribution in [2.24, 2.45) is 7.05 Å². The number of nitrogens with zero attached hydrogens (tertiary/aromatic N) is 6. The summed E-state index contributed by atoms with van der Waals surface area (Å²) in [5, 5.41) is 4.78. The zero-order valence-electron chi connectivity index (χ0n) is 21.4. The van der Waals surface area contributed by atoms with E-state index in [1.54, 1.807) is 36.5 Å². The molecule has 1 aliphatic heterocycles. The monoisotopic (exact) mass is 514 g/mol. The van der Waals surface area contributed by atoms with E-state index in [1.165, 1.54) is 28.8 Å². The van der Waals surface area contributed by atoms with Crippen LogP contribution < -0.4 is 10.3 Å². The van der Waals surface area contributed by atoms with Gasteiger partial charge in [-0.15, -0.1) is 0 Å². The number of rotatable bonds is 6. The zero-order valence-corrected chi connectivity index (χ0v) is 21.4. The minimum Gasteiger partial charge on any atom is -0.490 e. The summed E-state index contributed by atoms with van der Waals surface area (Å²) in [5.41, 5.74) is 4.04. The fourth-order valence-electron chi connectivity index (χ4n) is 4.39. The van der Waals surface area contributed by atoms with Gasteiger partial charge in [-0.1, -0.05) is 6.58 Å². The molecule has 0 bridgehead atoms. The van der Waals surface area contributed by atoms with Crippen molar-refractivity contribution in [2.45, 2.75) is 33.0 Å². The Kier molecular flexibility index (Phi) is 6.62. The highest BCUT2D eigenvalue weighted by molar-refractivity contribution is 5.87. The van der Waals surface area contributed by atoms with Crippen LogP contribution in [0.3, 0.4) is 0 Å². The highest BCUT2D eigenvalue weighted by Gasteiger charge is 2.25. The molecule has 5 rings (SSSR count). The molecule has 0 atom stereocenters. The van der Waals surface area contributed by atoms with Crippen LogP contribution >= 0.6 is 0 Å². The lowest BCUT2D eigenvalue weighted by Crippen LogP contribution is -2.37. The molecule has 3 aromatic heterocycles. The van der Waals surface area contributed by atoms with E-state index in [1.807, 2.05) is 24.6 Å². The zero-order chi connectivity index (χ0) is 27.0. The summed E-state index contributed by atoms with van der Waals surface area (Å²) in [6, 6.07) is 9.35. The van der Waals surface area contributed by atoms with Crippen LogP contribution in [-0.4, -0.2) is 47.8 Å². The Bertz CT molecular complexity index is 1610. The number of hydrogen-bond acceptors (Lipinski definition) is 6. The summed E-state index contributed by atoms with van der Waals surface area (Å²) in [6.45, 7) is 8.74. The third-order valence-electron chi connectivity index (χ3n) is 6.24. The number of hydrogen-bond donors (Lipinski definition) is 0. The molecule has 4 heterocycles. The van der Waals surface area contributed by atoms with Gasteiger partial charge >= 0.3 is 0 Å². The van der Waals surface area contributed by atoms with E-state index < -0.39 is 5.82 Å². The number of ether oxygens (including phenoxy) is 1. The number of carbonyl (C=O) groups is 1. The van der Waals surface area contributed by atoms with Gasteiger partial charge in [0.15, 0.2) is 0 Å². The smallest absolute Gasteiger partial charge is 0.250 e. The first-order chi connectivity index (χ1) is 18.2. The summed E-state index contributed by atoms with van der Waals surface area (Å²) in [5.74, 6) is -0.222. The van der Waals surface area contributed by atoms with Crippen molar-refractivity contribution in [3.05, 3.63) is 83.3 Å². The van der Waals surface area contributed by atoms with Gasteiger partial charge < -0.3 is 14.2 Å². The quantitative estimate of drug-likeness (QED) is 0.363. The summed E-state index contributed by atoms with van der Waals surface area (Å²) < 4.78 is 23.4. The number of amides is 1. The van der Waals surface area contributed by atoms with Crippen molar-refractivity contribution in [3.63, 3.8) is 0 Å². The summed E-state index contributed by atoms with van der Waals surface area (Å²) >= 11 is 0. The van der Waals surface area contributed by atoms with Gasteiger partial charge in [0.05, 0.1) is 36.8 Å². The van der Waals surface area contributed by atoms with Crippen molar-refractivity contribution < 1.29 is 13.9 Å². The average Bonchev–Trinajstić information content (AvgIpc) is 3.33. The first-order valence-electron chi connectivity index (χ1n) is 12.2. The van der Waals surface area contributed by atoms with E-state index in [4.69, 9.17) is 19.8 Å². The first-order valence-corrected chi connectivity index (χ1v) is 12.2. The second-order valence-corrected chi connectivity index (χ2v) is 9.33. The summed E-state index contributed by atoms with van der Waals surface area (Å²) in [4.78, 5) is 35.5. The van der Waals surface area contributed by atoms with Gasteiger partial charge in [-0.2, -0.15) is 5.10 Å². The maximum atomic E-state index is 14.2. The molecule has 0 saturated heterocycles. The fourth-order valence-corrected chi connectivity index (χ4v) is 4.39. The molecule has 0 saturated carbocycles. The molecular formula is C28H27FN6O3. The second-order valence-electron chi connectivity index (χ2n) is 9.33. The second kappa shape index (κ2) is 10.0. The molecule has 0 N–H and O–H groups in total. The van der Waals surface area contributed by atoms with Crippen LogP contribution in [0.15, 0.2) is 66.2 Å². The van der Waals surface area contributed by atoms with Crippen LogP contribution in [0, 0.1) is 5.82 Å². The van der Waals surface area contributed by atoms with Crippen molar-refractivity contribution in [1.82, 2.24) is 29.2 Å². The third kappa shape index (κ3) is 4.84. The largest absolute Gasteiger partial charge is 0.490 e. The Morgan fingerprint density at radius 2 is 1.95 bits per heavy atom. The average molecular weight is 515 g/mol. The van der Waals surface area contributed by atoms with Gasteiger partial charge in [0, 0.05) is 43.0 Å². The fraction of sp³-hybridized carbons (Fsp3) is 0.250. The molecular weight excluding hydrogens is 487 g/mol. The molecule has 0 radical (unpaired) electrons. The minimum atomic E-state index is -0.426. The Labute approximate surface area is 218 Å². The molecule has 4 aromatic rings. The number of halogens is 1. The maximum Gasteiger partial charge on any atom is 0.250 e. The lowest BCUT2D eigenvalue weighted by atomic mass is 10.0. The standard InChI is InChI=1S/C28H27FN6O3/c1-5-25(36)34-10-11-35-20(16-34)13-22(32-35)28-27(21-8-7-19(29)12-24(21)38-17(2)3)30-14-23(31-28)18-6-9-26(37)33(4)15-18/h5-9,12-15,17H,1,10-11,16H2,2-4H3. The molecule has 38 heavy (non-hydrogen) atoms. The van der Waals surface area contributed by atoms with E-state index >= 15 is 0 Å². The maximum absolute atomic E-state index is 14.2. The lowest BCUT2D eigenvalue weighted by molar-refractivity contribution is -0.127. The van der Waals surface area contributed by atoms with E-state index in [9.17, 15) is 14.0 Å². The number of pyridine rings is 1. The highest BCUT2D eigenvalue weighted by Crippen LogP contribution is 2.37. The van der Waals surface area contributed by atoms with Gasteiger partial charge in [0.1, 0.15) is 28.6 Å². The van der Waals surface area contributed by atoms with Crippen LogP contribution in [0.4, 0.5) is 4.39 Å². The number of benzene rings is 1. The Hall–Kier alpha value is -4.60. The van der Waals surface area contributed by atoms with Gasteiger partial charge in [-0.3, -0.25) is 19.3 Å². The molecule has 194 valence electrons. The van der Waals surface area contributed by atoms with Crippen LogP contribution in [0.2, 0.25) is 0 Å². The van der Waals surface area contributed by atoms with E-state index in [0.717, 1.165) is 5.69 Å². The molecule has 1 aliphatic rings. The van der Waals surface area contributed by atoms with Crippen molar-refractivity contribution in [2.75, 3.05) is 6.54 Å². The van der Waals surface area contributed by atoms with E-state index in [2.05, 4.69) is 6.58 Å². The van der Waals surface area contributed by atoms with Crippen LogP contribution in [-0.2, 0) is 24.9 Å². The number of fused-ring (bicyclic) bond motifs is 1. The first kappa shape index (κ1) is 25.1. The summed E-state index contributed by atoms with van der Waals surface area (Å²) in [7, 11) is 1.67. The molecule has 0 spiro atoms. The predicted octanol–water partition coefficient (Wildman–Crippen LogP) is 3.83. The molecule has 10 heteroatoms. The molecule has 1 amide bonds. The third-order valence-corrected chi connectivity index (χ3v) is 6.24. The normalized spacial score (nSPS) is 12.9. The van der Waals surface area contributed by atoms with E-state index in [0.29, 0.717) is 59.3 Å². The molecule has 0 fully saturated rings. The molecule has 1 aromatic carbocycles. The minimum absolute atomic E-state index is 0.138. The SMILES string of the molecule is C=CC(=O)N1CCn2nc(-c3nc(-c4ccc(=O)n(C)c4)cnc3-c3ccc(F)cc3OC(C)C)cc2C1. The van der Waals surface area contributed by atoms with Crippen LogP contribution in [0.5, 0.6) is 5.75 Å². The number of aryl methyl sites for hydroxylation is 1. The number of aromatic nitrogens is 5. The lowest BCUT2D eigenvalue weighted by Gasteiger charge is -2.26. The molecule has 9 nitrogen and oxygen atoms in total. The predicted molar refractivity (Wildman–Crippen MR) is 141 cm³/mol. The van der Waals surface area contributed by atoms with Crippen LogP contribution in [0.1, 0.15) is 19.5 Å². The highest BCUT2D eigenvalue weighted by atomic mass is 19.1.